The molecule has 0 aromatic heterocycles. The molecule has 0 bridgehead atoms. The van der Waals surface area contributed by atoms with Gasteiger partial charge < -0.3 is 10.2 Å². The number of ether oxygens (including phenoxy) is 1. The number of fused-ring (bicyclic) bond motifs is 1. The second kappa shape index (κ2) is 4.62. The van der Waals surface area contributed by atoms with Gasteiger partial charge in [-0.25, -0.2) is 0 Å². The zero-order chi connectivity index (χ0) is 14.3. The van der Waals surface area contributed by atoms with Gasteiger partial charge in [-0.05, 0) is 24.0 Å². The van der Waals surface area contributed by atoms with Gasteiger partial charge in [0.2, 0.25) is 0 Å². The van der Waals surface area contributed by atoms with Crippen LogP contribution in [0.4, 0.5) is 0 Å². The van der Waals surface area contributed by atoms with Gasteiger partial charge in [0, 0.05) is 12.0 Å². The standard InChI is InChI=1S/C16H20N2O2/c1-16(2)8-11-14(12(19)9-16)15(18-17-11)10-6-4-5-7-13(10)20-3/h4-7,11,14,17H,8-9H2,1-3H3/t11-,14-/m1/s1. The molecule has 1 fully saturated rings. The molecule has 4 heteroatoms. The maximum Gasteiger partial charge on any atom is 0.144 e. The van der Waals surface area contributed by atoms with Crippen molar-refractivity contribution in [1.82, 2.24) is 5.43 Å². The topological polar surface area (TPSA) is 50.7 Å². The number of Topliss-reactive ketones (excluding diaryl/α,β-unsaturated/α-hetero) is 1. The van der Waals surface area contributed by atoms with Gasteiger partial charge in [-0.1, -0.05) is 26.0 Å². The van der Waals surface area contributed by atoms with Crippen molar-refractivity contribution in [2.45, 2.75) is 32.7 Å². The summed E-state index contributed by atoms with van der Waals surface area (Å²) < 4.78 is 5.39. The third kappa shape index (κ3) is 2.09. The number of hydrazone groups is 1. The van der Waals surface area contributed by atoms with Gasteiger partial charge in [0.15, 0.2) is 0 Å². The maximum absolute atomic E-state index is 12.5. The normalized spacial score (nSPS) is 27.6. The van der Waals surface area contributed by atoms with Gasteiger partial charge in [-0.15, -0.1) is 0 Å². The minimum absolute atomic E-state index is 0.0526. The van der Waals surface area contributed by atoms with Crippen LogP contribution in [0.1, 0.15) is 32.3 Å². The van der Waals surface area contributed by atoms with Crippen molar-refractivity contribution in [3.63, 3.8) is 0 Å². The van der Waals surface area contributed by atoms with Crippen molar-refractivity contribution in [3.8, 4) is 5.75 Å². The van der Waals surface area contributed by atoms with E-state index >= 15 is 0 Å². The molecule has 1 saturated carbocycles. The summed E-state index contributed by atoms with van der Waals surface area (Å²) in [7, 11) is 1.64. The molecule has 3 rings (SSSR count). The first kappa shape index (κ1) is 13.2. The lowest BCUT2D eigenvalue weighted by Crippen LogP contribution is -2.45. The number of methoxy groups -OCH3 is 1. The number of nitrogens with one attached hydrogen (secondary N) is 1. The molecule has 1 heterocycles. The minimum Gasteiger partial charge on any atom is -0.496 e. The lowest BCUT2D eigenvalue weighted by atomic mass is 9.68. The molecule has 0 amide bonds. The van der Waals surface area contributed by atoms with Crippen LogP contribution in [0.25, 0.3) is 0 Å². The van der Waals surface area contributed by atoms with Gasteiger partial charge in [-0.2, -0.15) is 5.10 Å². The number of benzene rings is 1. The molecular formula is C16H20N2O2. The molecule has 106 valence electrons. The van der Waals surface area contributed by atoms with Crippen molar-refractivity contribution >= 4 is 11.5 Å². The monoisotopic (exact) mass is 272 g/mol. The highest BCUT2D eigenvalue weighted by Gasteiger charge is 2.46. The van der Waals surface area contributed by atoms with E-state index in [1.807, 2.05) is 24.3 Å². The molecule has 4 nitrogen and oxygen atoms in total. The summed E-state index contributed by atoms with van der Waals surface area (Å²) in [5.41, 5.74) is 4.95. The van der Waals surface area contributed by atoms with Crippen molar-refractivity contribution < 1.29 is 9.53 Å². The summed E-state index contributed by atoms with van der Waals surface area (Å²) in [5, 5.41) is 4.44. The van der Waals surface area contributed by atoms with Gasteiger partial charge >= 0.3 is 0 Å². The van der Waals surface area contributed by atoms with Crippen molar-refractivity contribution in [1.29, 1.82) is 0 Å². The highest BCUT2D eigenvalue weighted by molar-refractivity contribution is 6.16. The summed E-state index contributed by atoms with van der Waals surface area (Å²) in [4.78, 5) is 12.5. The Bertz CT molecular complexity index is 578. The Morgan fingerprint density at radius 2 is 2.10 bits per heavy atom. The Morgan fingerprint density at radius 1 is 1.35 bits per heavy atom. The fraction of sp³-hybridized carbons (Fsp3) is 0.500. The van der Waals surface area contributed by atoms with Gasteiger partial charge in [0.1, 0.15) is 11.5 Å². The minimum atomic E-state index is -0.140. The highest BCUT2D eigenvalue weighted by atomic mass is 16.5. The Morgan fingerprint density at radius 3 is 2.85 bits per heavy atom. The molecule has 1 N–H and O–H groups in total. The molecule has 0 saturated heterocycles. The van der Waals surface area contributed by atoms with Gasteiger partial charge in [0.05, 0.1) is 24.8 Å². The molecule has 20 heavy (non-hydrogen) atoms. The average Bonchev–Trinajstić information content (AvgIpc) is 2.80. The molecule has 2 aliphatic rings. The number of rotatable bonds is 2. The molecule has 2 atom stereocenters. The van der Waals surface area contributed by atoms with E-state index in [4.69, 9.17) is 4.74 Å². The van der Waals surface area contributed by atoms with Gasteiger partial charge in [-0.3, -0.25) is 4.79 Å². The van der Waals surface area contributed by atoms with E-state index in [1.54, 1.807) is 7.11 Å². The van der Waals surface area contributed by atoms with Crippen molar-refractivity contribution in [3.05, 3.63) is 29.8 Å². The first-order valence-electron chi connectivity index (χ1n) is 7.01. The van der Waals surface area contributed by atoms with Crippen LogP contribution in [-0.2, 0) is 4.79 Å². The Labute approximate surface area is 119 Å². The first-order chi connectivity index (χ1) is 9.52. The predicted molar refractivity (Wildman–Crippen MR) is 78.0 cm³/mol. The van der Waals surface area contributed by atoms with E-state index in [0.29, 0.717) is 6.42 Å². The first-order valence-corrected chi connectivity index (χ1v) is 7.01. The third-order valence-corrected chi connectivity index (χ3v) is 4.20. The second-order valence-electron chi connectivity index (χ2n) is 6.42. The second-order valence-corrected chi connectivity index (χ2v) is 6.42. The summed E-state index contributed by atoms with van der Waals surface area (Å²) >= 11 is 0. The molecule has 1 aromatic carbocycles. The van der Waals surface area contributed by atoms with Crippen LogP contribution in [0.15, 0.2) is 29.4 Å². The zero-order valence-electron chi connectivity index (χ0n) is 12.1. The molecule has 1 aliphatic heterocycles. The van der Waals surface area contributed by atoms with Crippen LogP contribution in [0.5, 0.6) is 5.75 Å². The van der Waals surface area contributed by atoms with Crippen LogP contribution >= 0.6 is 0 Å². The zero-order valence-corrected chi connectivity index (χ0v) is 12.1. The number of ketones is 1. The summed E-state index contributed by atoms with van der Waals surface area (Å²) in [5.74, 6) is 0.909. The fourth-order valence-electron chi connectivity index (χ4n) is 3.36. The summed E-state index contributed by atoms with van der Waals surface area (Å²) in [6.45, 7) is 4.29. The van der Waals surface area contributed by atoms with E-state index < -0.39 is 0 Å². The number of hydrogen-bond acceptors (Lipinski definition) is 4. The van der Waals surface area contributed by atoms with Crippen LogP contribution in [0, 0.1) is 11.3 Å². The van der Waals surface area contributed by atoms with Crippen LogP contribution in [-0.4, -0.2) is 24.6 Å². The lowest BCUT2D eigenvalue weighted by molar-refractivity contribution is -0.126. The lowest BCUT2D eigenvalue weighted by Gasteiger charge is -2.36. The van der Waals surface area contributed by atoms with Crippen molar-refractivity contribution in [2.24, 2.45) is 16.4 Å². The molecule has 1 aromatic rings. The number of carbonyl (C=O) groups is 1. The molecular weight excluding hydrogens is 252 g/mol. The Hall–Kier alpha value is -1.84. The molecule has 0 radical (unpaired) electrons. The number of para-hydroxylation sites is 1. The Balaban J connectivity index is 1.96. The van der Waals surface area contributed by atoms with E-state index in [-0.39, 0.29) is 23.2 Å². The van der Waals surface area contributed by atoms with E-state index in [2.05, 4.69) is 24.4 Å². The summed E-state index contributed by atoms with van der Waals surface area (Å²) in [6, 6.07) is 7.86. The molecule has 1 aliphatic carbocycles. The van der Waals surface area contributed by atoms with E-state index in [9.17, 15) is 4.79 Å². The highest BCUT2D eigenvalue weighted by Crippen LogP contribution is 2.40. The average molecular weight is 272 g/mol. The number of carbonyl (C=O) groups excluding carboxylic acids is 1. The smallest absolute Gasteiger partial charge is 0.144 e. The third-order valence-electron chi connectivity index (χ3n) is 4.20. The van der Waals surface area contributed by atoms with Gasteiger partial charge in [0.25, 0.3) is 0 Å². The quantitative estimate of drug-likeness (QED) is 0.899. The maximum atomic E-state index is 12.5. The fourth-order valence-corrected chi connectivity index (χ4v) is 3.36. The number of nitrogens with zero attached hydrogens (tertiary/aromatic N) is 1. The predicted octanol–water partition coefficient (Wildman–Crippen LogP) is 2.38. The van der Waals surface area contributed by atoms with E-state index in [1.165, 1.54) is 0 Å². The summed E-state index contributed by atoms with van der Waals surface area (Å²) in [6.07, 6.45) is 1.58. The van der Waals surface area contributed by atoms with Crippen LogP contribution < -0.4 is 10.2 Å². The largest absolute Gasteiger partial charge is 0.496 e. The van der Waals surface area contributed by atoms with Crippen LogP contribution in [0.3, 0.4) is 0 Å². The van der Waals surface area contributed by atoms with E-state index in [0.717, 1.165) is 23.4 Å². The molecule has 0 unspecified atom stereocenters. The Kier molecular flexibility index (Phi) is 3.04. The van der Waals surface area contributed by atoms with Crippen LogP contribution in [0.2, 0.25) is 0 Å². The molecule has 0 spiro atoms. The number of hydrogen-bond donors (Lipinski definition) is 1. The SMILES string of the molecule is COc1ccccc1C1=NN[C@@H]2CC(C)(C)CC(=O)[C@H]12. The van der Waals surface area contributed by atoms with Crippen molar-refractivity contribution in [2.75, 3.05) is 7.11 Å².